The Balaban J connectivity index is 2.88. The van der Waals surface area contributed by atoms with Crippen LogP contribution in [0.4, 0.5) is 13.2 Å². The summed E-state index contributed by atoms with van der Waals surface area (Å²) in [7, 11) is 0. The fraction of sp³-hybridized carbons (Fsp3) is 0.625. The minimum Gasteiger partial charge on any atom is -0.350 e. The van der Waals surface area contributed by atoms with Gasteiger partial charge in [0.05, 0.1) is 5.56 Å². The van der Waals surface area contributed by atoms with Gasteiger partial charge in [-0.25, -0.2) is 0 Å². The molecule has 0 radical (unpaired) electrons. The van der Waals surface area contributed by atoms with E-state index in [9.17, 15) is 22.8 Å². The van der Waals surface area contributed by atoms with Gasteiger partial charge in [0.1, 0.15) is 6.54 Å². The second-order valence-electron chi connectivity index (χ2n) is 7.55. The fourth-order valence-corrected chi connectivity index (χ4v) is 2.76. The van der Waals surface area contributed by atoms with Crippen molar-refractivity contribution in [2.45, 2.75) is 59.3 Å². The minimum atomic E-state index is -4.56. The lowest BCUT2D eigenvalue weighted by atomic mass is 9.82. The number of aromatic nitrogens is 1. The lowest BCUT2D eigenvalue weighted by Gasteiger charge is -2.33. The molecule has 0 aliphatic heterocycles. The first-order valence-electron chi connectivity index (χ1n) is 7.28. The van der Waals surface area contributed by atoms with Gasteiger partial charge >= 0.3 is 6.18 Å². The molecule has 0 aliphatic carbocycles. The summed E-state index contributed by atoms with van der Waals surface area (Å²) in [5, 5.41) is 2.77. The highest BCUT2D eigenvalue weighted by atomic mass is 19.4. The molecule has 23 heavy (non-hydrogen) atoms. The number of hydrogen-bond donors (Lipinski definition) is 1. The molecule has 1 N–H and O–H groups in total. The Kier molecular flexibility index (Phi) is 5.34. The van der Waals surface area contributed by atoms with Crippen LogP contribution in [-0.2, 0) is 17.5 Å². The van der Waals surface area contributed by atoms with Gasteiger partial charge < -0.3 is 9.88 Å². The van der Waals surface area contributed by atoms with E-state index in [0.717, 1.165) is 10.6 Å². The maximum absolute atomic E-state index is 12.7. The predicted molar refractivity (Wildman–Crippen MR) is 82.0 cm³/mol. The first-order chi connectivity index (χ1) is 10.2. The van der Waals surface area contributed by atoms with Crippen LogP contribution in [0.2, 0.25) is 0 Å². The number of nitrogens with zero attached hydrogens (tertiary/aromatic N) is 1. The number of carbonyl (C=O) groups is 1. The predicted octanol–water partition coefficient (Wildman–Crippen LogP) is 3.20. The zero-order valence-electron chi connectivity index (χ0n) is 14.0. The van der Waals surface area contributed by atoms with E-state index in [1.54, 1.807) is 0 Å². The average molecular weight is 332 g/mol. The van der Waals surface area contributed by atoms with E-state index in [1.165, 1.54) is 0 Å². The highest BCUT2D eigenvalue weighted by Crippen LogP contribution is 2.28. The lowest BCUT2D eigenvalue weighted by Crippen LogP contribution is -2.47. The minimum absolute atomic E-state index is 0.0240. The third-order valence-electron chi connectivity index (χ3n) is 3.07. The summed E-state index contributed by atoms with van der Waals surface area (Å²) in [4.78, 5) is 23.7. The SMILES string of the molecule is CC(C)(C)CC(C)(C)NC(=O)Cn1cc(C(F)(F)F)ccc1=O. The van der Waals surface area contributed by atoms with Crippen molar-refractivity contribution in [3.05, 3.63) is 34.2 Å². The maximum atomic E-state index is 12.7. The van der Waals surface area contributed by atoms with Crippen LogP contribution in [0.1, 0.15) is 46.6 Å². The van der Waals surface area contributed by atoms with Crippen LogP contribution in [0.5, 0.6) is 0 Å². The number of halogens is 3. The smallest absolute Gasteiger partial charge is 0.350 e. The molecule has 130 valence electrons. The summed E-state index contributed by atoms with van der Waals surface area (Å²) in [6.07, 6.45) is -3.21. The molecule has 0 aromatic carbocycles. The molecule has 1 amide bonds. The van der Waals surface area contributed by atoms with Crippen molar-refractivity contribution in [3.63, 3.8) is 0 Å². The number of rotatable bonds is 4. The second-order valence-corrected chi connectivity index (χ2v) is 7.55. The van der Waals surface area contributed by atoms with E-state index in [1.807, 2.05) is 34.6 Å². The molecule has 0 saturated carbocycles. The highest BCUT2D eigenvalue weighted by Gasteiger charge is 2.31. The maximum Gasteiger partial charge on any atom is 0.417 e. The summed E-state index contributed by atoms with van der Waals surface area (Å²) in [6.45, 7) is 9.31. The molecule has 0 saturated heterocycles. The van der Waals surface area contributed by atoms with Gasteiger partial charge in [-0.1, -0.05) is 20.8 Å². The molecule has 0 atom stereocenters. The average Bonchev–Trinajstić information content (AvgIpc) is 2.25. The fourth-order valence-electron chi connectivity index (χ4n) is 2.76. The van der Waals surface area contributed by atoms with Crippen LogP contribution in [0.25, 0.3) is 0 Å². The van der Waals surface area contributed by atoms with E-state index < -0.39 is 35.3 Å². The summed E-state index contributed by atoms with van der Waals surface area (Å²) in [6, 6.07) is 1.52. The number of nitrogens with one attached hydrogen (secondary N) is 1. The quantitative estimate of drug-likeness (QED) is 0.920. The Morgan fingerprint density at radius 3 is 2.17 bits per heavy atom. The van der Waals surface area contributed by atoms with Gasteiger partial charge in [-0.3, -0.25) is 9.59 Å². The van der Waals surface area contributed by atoms with E-state index in [2.05, 4.69) is 5.32 Å². The van der Waals surface area contributed by atoms with E-state index in [4.69, 9.17) is 0 Å². The van der Waals surface area contributed by atoms with Crippen LogP contribution < -0.4 is 10.9 Å². The monoisotopic (exact) mass is 332 g/mol. The van der Waals surface area contributed by atoms with Gasteiger partial charge in [-0.05, 0) is 31.7 Å². The standard InChI is InChI=1S/C16H23F3N2O2/c1-14(2,3)10-15(4,5)20-12(22)9-21-8-11(16(17,18)19)6-7-13(21)23/h6-8H,9-10H2,1-5H3,(H,20,22). The van der Waals surface area contributed by atoms with Gasteiger partial charge in [-0.15, -0.1) is 0 Å². The molecule has 4 nitrogen and oxygen atoms in total. The zero-order valence-corrected chi connectivity index (χ0v) is 14.0. The molecule has 1 rings (SSSR count). The van der Waals surface area contributed by atoms with Crippen molar-refractivity contribution in [1.82, 2.24) is 9.88 Å². The van der Waals surface area contributed by atoms with Crippen molar-refractivity contribution in [2.24, 2.45) is 5.41 Å². The number of hydrogen-bond acceptors (Lipinski definition) is 2. The molecular formula is C16H23F3N2O2. The van der Waals surface area contributed by atoms with E-state index >= 15 is 0 Å². The topological polar surface area (TPSA) is 51.1 Å². The Hall–Kier alpha value is -1.79. The molecule has 7 heteroatoms. The molecule has 1 heterocycles. The van der Waals surface area contributed by atoms with Gasteiger partial charge in [-0.2, -0.15) is 13.2 Å². The van der Waals surface area contributed by atoms with Crippen LogP contribution in [-0.4, -0.2) is 16.0 Å². The Labute approximate surface area is 133 Å². The van der Waals surface area contributed by atoms with Gasteiger partial charge in [0, 0.05) is 17.8 Å². The number of amides is 1. The van der Waals surface area contributed by atoms with Crippen LogP contribution in [0, 0.1) is 5.41 Å². The second kappa shape index (κ2) is 6.37. The van der Waals surface area contributed by atoms with E-state index in [-0.39, 0.29) is 5.41 Å². The van der Waals surface area contributed by atoms with Crippen molar-refractivity contribution >= 4 is 5.91 Å². The Bertz CT molecular complexity index is 625. The summed E-state index contributed by atoms with van der Waals surface area (Å²) < 4.78 is 38.8. The summed E-state index contributed by atoms with van der Waals surface area (Å²) >= 11 is 0. The lowest BCUT2D eigenvalue weighted by molar-refractivity contribution is -0.138. The van der Waals surface area contributed by atoms with Crippen LogP contribution >= 0.6 is 0 Å². The molecule has 0 fully saturated rings. The first-order valence-corrected chi connectivity index (χ1v) is 7.28. The summed E-state index contributed by atoms with van der Waals surface area (Å²) in [5.74, 6) is -0.499. The molecule has 0 bridgehead atoms. The van der Waals surface area contributed by atoms with Crippen molar-refractivity contribution < 1.29 is 18.0 Å². The normalized spacial score (nSPS) is 13.0. The molecule has 0 aliphatic rings. The van der Waals surface area contributed by atoms with Crippen LogP contribution in [0.3, 0.4) is 0 Å². The highest BCUT2D eigenvalue weighted by molar-refractivity contribution is 5.76. The number of pyridine rings is 1. The van der Waals surface area contributed by atoms with Crippen molar-refractivity contribution in [3.8, 4) is 0 Å². The Morgan fingerprint density at radius 2 is 1.70 bits per heavy atom. The molecule has 1 aromatic rings. The molecule has 1 aromatic heterocycles. The molecule has 0 spiro atoms. The molecule has 0 unspecified atom stereocenters. The van der Waals surface area contributed by atoms with Crippen molar-refractivity contribution in [1.29, 1.82) is 0 Å². The summed E-state index contributed by atoms with van der Waals surface area (Å²) in [5.41, 5.74) is -2.16. The first kappa shape index (κ1) is 19.3. The molecular weight excluding hydrogens is 309 g/mol. The largest absolute Gasteiger partial charge is 0.417 e. The number of carbonyl (C=O) groups excluding carboxylic acids is 1. The zero-order chi connectivity index (χ0) is 18.1. The van der Waals surface area contributed by atoms with Crippen LogP contribution in [0.15, 0.2) is 23.1 Å². The van der Waals surface area contributed by atoms with E-state index in [0.29, 0.717) is 18.7 Å². The van der Waals surface area contributed by atoms with Gasteiger partial charge in [0.25, 0.3) is 5.56 Å². The number of alkyl halides is 3. The van der Waals surface area contributed by atoms with Crippen molar-refractivity contribution in [2.75, 3.05) is 0 Å². The third kappa shape index (κ3) is 6.46. The van der Waals surface area contributed by atoms with Gasteiger partial charge in [0.2, 0.25) is 5.91 Å². The Morgan fingerprint density at radius 1 is 1.13 bits per heavy atom. The third-order valence-corrected chi connectivity index (χ3v) is 3.07. The van der Waals surface area contributed by atoms with Gasteiger partial charge in [0.15, 0.2) is 0 Å².